The summed E-state index contributed by atoms with van der Waals surface area (Å²) in [5, 5.41) is 0. The topological polar surface area (TPSA) is 35.5 Å². The number of ether oxygens (including phenoxy) is 2. The highest BCUT2D eigenvalue weighted by Gasteiger charge is 2.16. The van der Waals surface area contributed by atoms with Crippen LogP contribution in [0.15, 0.2) is 11.6 Å². The van der Waals surface area contributed by atoms with Gasteiger partial charge in [0.2, 0.25) is 0 Å². The fourth-order valence-corrected chi connectivity index (χ4v) is 1.69. The van der Waals surface area contributed by atoms with E-state index >= 15 is 0 Å². The van der Waals surface area contributed by atoms with Crippen molar-refractivity contribution >= 4 is 6.16 Å². The zero-order chi connectivity index (χ0) is 10.4. The first-order valence-corrected chi connectivity index (χ1v) is 5.12. The molecule has 1 aliphatic carbocycles. The van der Waals surface area contributed by atoms with Crippen LogP contribution < -0.4 is 0 Å². The number of allylic oxidation sites excluding steroid dienone is 1. The van der Waals surface area contributed by atoms with Crippen molar-refractivity contribution in [3.8, 4) is 0 Å². The van der Waals surface area contributed by atoms with Crippen molar-refractivity contribution < 1.29 is 14.3 Å². The molecule has 14 heavy (non-hydrogen) atoms. The minimum atomic E-state index is -0.566. The highest BCUT2D eigenvalue weighted by molar-refractivity contribution is 5.59. The summed E-state index contributed by atoms with van der Waals surface area (Å²) in [5.41, 5.74) is 1.30. The van der Waals surface area contributed by atoms with Gasteiger partial charge in [-0.1, -0.05) is 11.6 Å². The Morgan fingerprint density at radius 1 is 1.50 bits per heavy atom. The van der Waals surface area contributed by atoms with Crippen molar-refractivity contribution in [1.29, 1.82) is 0 Å². The molecule has 0 amide bonds. The molecule has 0 bridgehead atoms. The largest absolute Gasteiger partial charge is 0.508 e. The first-order valence-electron chi connectivity index (χ1n) is 5.12. The van der Waals surface area contributed by atoms with Gasteiger partial charge in [0.1, 0.15) is 6.10 Å². The Labute approximate surface area is 85.1 Å². The van der Waals surface area contributed by atoms with Gasteiger partial charge < -0.3 is 9.47 Å². The lowest BCUT2D eigenvalue weighted by molar-refractivity contribution is 0.0327. The summed E-state index contributed by atoms with van der Waals surface area (Å²) in [6, 6.07) is 0. The van der Waals surface area contributed by atoms with Crippen molar-refractivity contribution in [2.45, 2.75) is 45.1 Å². The molecule has 0 aromatic heterocycles. The SMILES string of the molecule is COC(=O)OC1CCCCC=C(C)C1. The standard InChI is InChI=1S/C11H18O3/c1-9-6-4-3-5-7-10(8-9)14-11(12)13-2/h6,10H,3-5,7-8H2,1-2H3. The highest BCUT2D eigenvalue weighted by atomic mass is 16.7. The van der Waals surface area contributed by atoms with Crippen LogP contribution in [0.5, 0.6) is 0 Å². The van der Waals surface area contributed by atoms with E-state index in [0.29, 0.717) is 0 Å². The second-order valence-electron chi connectivity index (χ2n) is 3.73. The molecule has 0 aliphatic heterocycles. The molecule has 0 saturated carbocycles. The van der Waals surface area contributed by atoms with Crippen LogP contribution in [0.4, 0.5) is 4.79 Å². The molecule has 0 N–H and O–H groups in total. The van der Waals surface area contributed by atoms with Crippen LogP contribution in [-0.4, -0.2) is 19.4 Å². The van der Waals surface area contributed by atoms with E-state index in [2.05, 4.69) is 17.7 Å². The molecule has 0 saturated heterocycles. The Morgan fingerprint density at radius 2 is 2.29 bits per heavy atom. The molecular weight excluding hydrogens is 180 g/mol. The average Bonchev–Trinajstić information content (AvgIpc) is 2.13. The van der Waals surface area contributed by atoms with Gasteiger partial charge in [0.05, 0.1) is 7.11 Å². The summed E-state index contributed by atoms with van der Waals surface area (Å²) in [6.45, 7) is 2.08. The van der Waals surface area contributed by atoms with E-state index in [0.717, 1.165) is 25.7 Å². The third kappa shape index (κ3) is 3.81. The fourth-order valence-electron chi connectivity index (χ4n) is 1.69. The molecule has 1 unspecified atom stereocenters. The lowest BCUT2D eigenvalue weighted by Crippen LogP contribution is -2.19. The molecule has 0 heterocycles. The Balaban J connectivity index is 2.45. The number of hydrogen-bond acceptors (Lipinski definition) is 3. The third-order valence-electron chi connectivity index (χ3n) is 2.45. The van der Waals surface area contributed by atoms with E-state index in [1.807, 2.05) is 0 Å². The zero-order valence-corrected chi connectivity index (χ0v) is 8.91. The second-order valence-corrected chi connectivity index (χ2v) is 3.73. The van der Waals surface area contributed by atoms with Crippen molar-refractivity contribution in [3.63, 3.8) is 0 Å². The maximum Gasteiger partial charge on any atom is 0.508 e. The van der Waals surface area contributed by atoms with Gasteiger partial charge in [0, 0.05) is 6.42 Å². The Bertz CT molecular complexity index is 221. The number of carbonyl (C=O) groups is 1. The molecule has 1 rings (SSSR count). The average molecular weight is 198 g/mol. The molecule has 0 radical (unpaired) electrons. The van der Waals surface area contributed by atoms with E-state index in [1.54, 1.807) is 0 Å². The normalized spacial score (nSPS) is 23.0. The van der Waals surface area contributed by atoms with Crippen LogP contribution >= 0.6 is 0 Å². The van der Waals surface area contributed by atoms with Gasteiger partial charge in [-0.25, -0.2) is 4.79 Å². The Kier molecular flexibility index (Phi) is 4.50. The maximum atomic E-state index is 10.9. The van der Waals surface area contributed by atoms with Crippen molar-refractivity contribution in [3.05, 3.63) is 11.6 Å². The monoisotopic (exact) mass is 198 g/mol. The number of hydrogen-bond donors (Lipinski definition) is 0. The predicted octanol–water partition coefficient (Wildman–Crippen LogP) is 3.05. The van der Waals surface area contributed by atoms with Crippen LogP contribution in [0.2, 0.25) is 0 Å². The summed E-state index contributed by atoms with van der Waals surface area (Å²) in [5.74, 6) is 0. The van der Waals surface area contributed by atoms with E-state index in [4.69, 9.17) is 4.74 Å². The maximum absolute atomic E-state index is 10.9. The lowest BCUT2D eigenvalue weighted by atomic mass is 9.99. The van der Waals surface area contributed by atoms with Crippen LogP contribution in [0.25, 0.3) is 0 Å². The summed E-state index contributed by atoms with van der Waals surface area (Å²) in [7, 11) is 1.34. The minimum absolute atomic E-state index is 0.000926. The van der Waals surface area contributed by atoms with Crippen LogP contribution in [-0.2, 0) is 9.47 Å². The fraction of sp³-hybridized carbons (Fsp3) is 0.727. The minimum Gasteiger partial charge on any atom is -0.438 e. The molecule has 0 fully saturated rings. The van der Waals surface area contributed by atoms with Crippen LogP contribution in [0.1, 0.15) is 39.0 Å². The zero-order valence-electron chi connectivity index (χ0n) is 8.91. The van der Waals surface area contributed by atoms with Gasteiger partial charge in [-0.2, -0.15) is 0 Å². The Hall–Kier alpha value is -0.990. The van der Waals surface area contributed by atoms with E-state index in [9.17, 15) is 4.79 Å². The van der Waals surface area contributed by atoms with Crippen LogP contribution in [0.3, 0.4) is 0 Å². The van der Waals surface area contributed by atoms with Crippen molar-refractivity contribution in [1.82, 2.24) is 0 Å². The van der Waals surface area contributed by atoms with Gasteiger partial charge in [0.15, 0.2) is 0 Å². The van der Waals surface area contributed by atoms with Gasteiger partial charge in [-0.15, -0.1) is 0 Å². The van der Waals surface area contributed by atoms with Crippen LogP contribution in [0, 0.1) is 0 Å². The number of methoxy groups -OCH3 is 1. The molecule has 1 aliphatic rings. The summed E-state index contributed by atoms with van der Waals surface area (Å²) in [6.07, 6.45) is 6.89. The third-order valence-corrected chi connectivity index (χ3v) is 2.45. The summed E-state index contributed by atoms with van der Waals surface area (Å²) >= 11 is 0. The Morgan fingerprint density at radius 3 is 3.00 bits per heavy atom. The van der Waals surface area contributed by atoms with Gasteiger partial charge in [-0.3, -0.25) is 0 Å². The molecule has 1 atom stereocenters. The smallest absolute Gasteiger partial charge is 0.438 e. The molecule has 0 spiro atoms. The summed E-state index contributed by atoms with van der Waals surface area (Å²) < 4.78 is 9.62. The molecular formula is C11H18O3. The number of carbonyl (C=O) groups excluding carboxylic acids is 1. The number of rotatable bonds is 1. The first-order chi connectivity index (χ1) is 6.72. The van der Waals surface area contributed by atoms with Crippen molar-refractivity contribution in [2.75, 3.05) is 7.11 Å². The van der Waals surface area contributed by atoms with E-state index in [1.165, 1.54) is 19.1 Å². The van der Waals surface area contributed by atoms with Gasteiger partial charge >= 0.3 is 6.16 Å². The van der Waals surface area contributed by atoms with Crippen molar-refractivity contribution in [2.24, 2.45) is 0 Å². The molecule has 80 valence electrons. The molecule has 0 aromatic rings. The summed E-state index contributed by atoms with van der Waals surface area (Å²) in [4.78, 5) is 10.9. The second kappa shape index (κ2) is 5.68. The van der Waals surface area contributed by atoms with E-state index in [-0.39, 0.29) is 6.10 Å². The van der Waals surface area contributed by atoms with E-state index < -0.39 is 6.16 Å². The first kappa shape index (κ1) is 11.1. The molecule has 3 nitrogen and oxygen atoms in total. The van der Waals surface area contributed by atoms with Gasteiger partial charge in [-0.05, 0) is 32.6 Å². The quantitative estimate of drug-likeness (QED) is 0.480. The van der Waals surface area contributed by atoms with Gasteiger partial charge in [0.25, 0.3) is 0 Å². The highest BCUT2D eigenvalue weighted by Crippen LogP contribution is 2.19. The lowest BCUT2D eigenvalue weighted by Gasteiger charge is -2.19. The molecule has 3 heteroatoms. The molecule has 0 aromatic carbocycles. The predicted molar refractivity (Wildman–Crippen MR) is 54.1 cm³/mol.